The summed E-state index contributed by atoms with van der Waals surface area (Å²) in [7, 11) is 0. The normalized spacial score (nSPS) is 15.0. The average molecular weight is 343 g/mol. The van der Waals surface area contributed by atoms with Crippen molar-refractivity contribution in [2.75, 3.05) is 10.7 Å². The molecule has 3 nitrogen and oxygen atoms in total. The molecule has 1 aliphatic rings. The van der Waals surface area contributed by atoms with Gasteiger partial charge in [-0.3, -0.25) is 9.59 Å². The fourth-order valence-corrected chi connectivity index (χ4v) is 4.38. The van der Waals surface area contributed by atoms with E-state index in [2.05, 4.69) is 0 Å². The van der Waals surface area contributed by atoms with Crippen molar-refractivity contribution in [2.24, 2.45) is 0 Å². The summed E-state index contributed by atoms with van der Waals surface area (Å²) in [5.41, 5.74) is 3.25. The summed E-state index contributed by atoms with van der Waals surface area (Å²) in [6.07, 6.45) is 0. The summed E-state index contributed by atoms with van der Waals surface area (Å²) >= 11 is 2.93. The second kappa shape index (κ2) is 6.34. The number of thioether (sulfide) groups is 1. The highest BCUT2D eigenvalue weighted by molar-refractivity contribution is 8.04. The van der Waals surface area contributed by atoms with Crippen LogP contribution in [0.2, 0.25) is 0 Å². The number of carbonyl (C=O) groups is 2. The highest BCUT2D eigenvalue weighted by Crippen LogP contribution is 2.40. The molecule has 1 aliphatic heterocycles. The first-order valence-electron chi connectivity index (χ1n) is 7.41. The number of aryl methyl sites for hydroxylation is 2. The highest BCUT2D eigenvalue weighted by Gasteiger charge is 2.40. The van der Waals surface area contributed by atoms with Gasteiger partial charge in [0.15, 0.2) is 0 Å². The Morgan fingerprint density at radius 1 is 1.13 bits per heavy atom. The first kappa shape index (κ1) is 16.0. The Kier molecular flexibility index (Phi) is 4.41. The minimum atomic E-state index is -0.222. The van der Waals surface area contributed by atoms with Gasteiger partial charge in [-0.15, -0.1) is 23.1 Å². The maximum Gasteiger partial charge on any atom is 0.272 e. The third-order valence-electron chi connectivity index (χ3n) is 3.69. The molecule has 0 saturated heterocycles. The lowest BCUT2D eigenvalue weighted by molar-refractivity contribution is -0.119. The lowest BCUT2D eigenvalue weighted by Gasteiger charge is -2.18. The van der Waals surface area contributed by atoms with Crippen LogP contribution in [0.1, 0.15) is 22.9 Å². The molecular formula is C18H17NO2S2. The van der Waals surface area contributed by atoms with Crippen LogP contribution < -0.4 is 4.90 Å². The number of anilines is 1. The Morgan fingerprint density at radius 2 is 1.91 bits per heavy atom. The number of nitrogens with zero attached hydrogens (tertiary/aromatic N) is 1. The molecule has 1 aromatic carbocycles. The molecule has 2 amide bonds. The molecule has 0 bridgehead atoms. The highest BCUT2D eigenvalue weighted by atomic mass is 32.2. The van der Waals surface area contributed by atoms with E-state index in [-0.39, 0.29) is 11.8 Å². The van der Waals surface area contributed by atoms with Gasteiger partial charge >= 0.3 is 0 Å². The molecule has 0 unspecified atom stereocenters. The zero-order valence-electron chi connectivity index (χ0n) is 13.3. The zero-order chi connectivity index (χ0) is 16.6. The molecule has 5 heteroatoms. The Balaban J connectivity index is 2.10. The quantitative estimate of drug-likeness (QED) is 0.772. The monoisotopic (exact) mass is 343 g/mol. The van der Waals surface area contributed by atoms with Crippen molar-refractivity contribution in [2.45, 2.75) is 20.8 Å². The van der Waals surface area contributed by atoms with E-state index in [1.165, 1.54) is 28.0 Å². The summed E-state index contributed by atoms with van der Waals surface area (Å²) in [4.78, 5) is 28.6. The van der Waals surface area contributed by atoms with Crippen LogP contribution in [0, 0.1) is 13.8 Å². The van der Waals surface area contributed by atoms with E-state index in [4.69, 9.17) is 0 Å². The lowest BCUT2D eigenvalue weighted by Crippen LogP contribution is -2.31. The summed E-state index contributed by atoms with van der Waals surface area (Å²) in [6, 6.07) is 9.57. The van der Waals surface area contributed by atoms with Gasteiger partial charge in [-0.2, -0.15) is 0 Å². The predicted octanol–water partition coefficient (Wildman–Crippen LogP) is 4.40. The summed E-state index contributed by atoms with van der Waals surface area (Å²) in [6.45, 7) is 5.91. The molecule has 23 heavy (non-hydrogen) atoms. The maximum absolute atomic E-state index is 13.0. The first-order chi connectivity index (χ1) is 11.0. The van der Waals surface area contributed by atoms with E-state index < -0.39 is 0 Å². The fourth-order valence-electron chi connectivity index (χ4n) is 2.70. The van der Waals surface area contributed by atoms with Gasteiger partial charge in [-0.1, -0.05) is 30.7 Å². The Hall–Kier alpha value is -1.85. The summed E-state index contributed by atoms with van der Waals surface area (Å²) in [5, 5.41) is 1.92. The molecule has 2 aromatic rings. The van der Waals surface area contributed by atoms with Crippen LogP contribution in [0.5, 0.6) is 0 Å². The molecule has 2 heterocycles. The van der Waals surface area contributed by atoms with Crippen molar-refractivity contribution < 1.29 is 9.59 Å². The van der Waals surface area contributed by atoms with E-state index in [9.17, 15) is 9.59 Å². The van der Waals surface area contributed by atoms with Gasteiger partial charge in [-0.25, -0.2) is 4.90 Å². The van der Waals surface area contributed by atoms with Crippen molar-refractivity contribution in [3.05, 3.63) is 56.6 Å². The van der Waals surface area contributed by atoms with Gasteiger partial charge in [0, 0.05) is 4.88 Å². The van der Waals surface area contributed by atoms with Crippen molar-refractivity contribution in [3.8, 4) is 0 Å². The van der Waals surface area contributed by atoms with E-state index in [1.54, 1.807) is 0 Å². The largest absolute Gasteiger partial charge is 0.272 e. The lowest BCUT2D eigenvalue weighted by atomic mass is 10.1. The van der Waals surface area contributed by atoms with Gasteiger partial charge < -0.3 is 0 Å². The van der Waals surface area contributed by atoms with Gasteiger partial charge in [0.2, 0.25) is 0 Å². The predicted molar refractivity (Wildman–Crippen MR) is 97.8 cm³/mol. The number of benzene rings is 1. The molecule has 3 rings (SSSR count). The Morgan fingerprint density at radius 3 is 2.52 bits per heavy atom. The zero-order valence-corrected chi connectivity index (χ0v) is 14.9. The topological polar surface area (TPSA) is 37.4 Å². The van der Waals surface area contributed by atoms with Crippen molar-refractivity contribution >= 4 is 46.2 Å². The second-order valence-corrected chi connectivity index (χ2v) is 7.57. The number of amides is 2. The minimum absolute atomic E-state index is 0.211. The number of imide groups is 1. The number of carbonyl (C=O) groups excluding carboxylic acids is 2. The van der Waals surface area contributed by atoms with Crippen LogP contribution in [0.25, 0.3) is 5.57 Å². The first-order valence-corrected chi connectivity index (χ1v) is 9.28. The molecule has 0 saturated carbocycles. The van der Waals surface area contributed by atoms with Crippen LogP contribution >= 0.6 is 23.1 Å². The van der Waals surface area contributed by atoms with E-state index in [0.717, 1.165) is 21.8 Å². The van der Waals surface area contributed by atoms with Crippen molar-refractivity contribution in [1.82, 2.24) is 0 Å². The van der Waals surface area contributed by atoms with Crippen LogP contribution in [-0.4, -0.2) is 17.6 Å². The van der Waals surface area contributed by atoms with Crippen molar-refractivity contribution in [1.29, 1.82) is 0 Å². The number of hydrogen-bond donors (Lipinski definition) is 0. The summed E-state index contributed by atoms with van der Waals surface area (Å²) < 4.78 is 0. The maximum atomic E-state index is 13.0. The van der Waals surface area contributed by atoms with Crippen LogP contribution in [-0.2, 0) is 9.59 Å². The molecule has 0 atom stereocenters. The van der Waals surface area contributed by atoms with E-state index in [0.29, 0.717) is 16.2 Å². The molecular weight excluding hydrogens is 326 g/mol. The SMILES string of the molecule is CCSC1=C(c2cccs2)C(=O)N(c2ccc(C)cc2C)C1=O. The van der Waals surface area contributed by atoms with Crippen LogP contribution in [0.4, 0.5) is 5.69 Å². The number of thiophene rings is 1. The number of hydrogen-bond acceptors (Lipinski definition) is 4. The minimum Gasteiger partial charge on any atom is -0.268 e. The van der Waals surface area contributed by atoms with E-state index >= 15 is 0 Å². The molecule has 0 aliphatic carbocycles. The smallest absolute Gasteiger partial charge is 0.268 e. The third-order valence-corrected chi connectivity index (χ3v) is 5.53. The average Bonchev–Trinajstić information content (AvgIpc) is 3.09. The second-order valence-electron chi connectivity index (χ2n) is 5.35. The molecule has 0 N–H and O–H groups in total. The van der Waals surface area contributed by atoms with Gasteiger partial charge in [-0.05, 0) is 42.7 Å². The standard InChI is InChI=1S/C18H17NO2S2/c1-4-22-16-15(14-6-5-9-23-14)17(20)19(18(16)21)13-8-7-11(2)10-12(13)3/h5-10H,4H2,1-3H3. The Bertz CT molecular complexity index is 806. The summed E-state index contributed by atoms with van der Waals surface area (Å²) in [5.74, 6) is 0.321. The molecule has 118 valence electrons. The van der Waals surface area contributed by atoms with Gasteiger partial charge in [0.05, 0.1) is 16.2 Å². The Labute approximate surface area is 144 Å². The molecule has 0 spiro atoms. The van der Waals surface area contributed by atoms with Gasteiger partial charge in [0.1, 0.15) is 0 Å². The molecule has 0 fully saturated rings. The molecule has 0 radical (unpaired) electrons. The number of rotatable bonds is 4. The van der Waals surface area contributed by atoms with Crippen LogP contribution in [0.15, 0.2) is 40.6 Å². The fraction of sp³-hybridized carbons (Fsp3) is 0.222. The van der Waals surface area contributed by atoms with Crippen LogP contribution in [0.3, 0.4) is 0 Å². The third kappa shape index (κ3) is 2.75. The van der Waals surface area contributed by atoms with Crippen molar-refractivity contribution in [3.63, 3.8) is 0 Å². The molecule has 1 aromatic heterocycles. The van der Waals surface area contributed by atoms with Gasteiger partial charge in [0.25, 0.3) is 11.8 Å². The van der Waals surface area contributed by atoms with E-state index in [1.807, 2.05) is 56.5 Å².